The van der Waals surface area contributed by atoms with E-state index in [1.54, 1.807) is 0 Å². The molecule has 2 rings (SSSR count). The molecule has 0 aromatic rings. The van der Waals surface area contributed by atoms with Crippen LogP contribution in [0.2, 0.25) is 0 Å². The van der Waals surface area contributed by atoms with Gasteiger partial charge < -0.3 is 16.4 Å². The Balaban J connectivity index is 1.88. The van der Waals surface area contributed by atoms with E-state index in [1.807, 2.05) is 0 Å². The number of alkyl halides is 3. The molecule has 2 fully saturated rings. The molecule has 0 aromatic heterocycles. The zero-order valence-electron chi connectivity index (χ0n) is 10.5. The second-order valence-electron chi connectivity index (χ2n) is 5.46. The first-order chi connectivity index (χ1) is 8.52. The molecule has 4 unspecified atom stereocenters. The minimum atomic E-state index is -4.11. The second-order valence-corrected chi connectivity index (χ2v) is 5.46. The summed E-state index contributed by atoms with van der Waals surface area (Å²) in [6.07, 6.45) is -1.09. The van der Waals surface area contributed by atoms with Crippen molar-refractivity contribution in [2.75, 3.05) is 19.6 Å². The largest absolute Gasteiger partial charge is 0.403 e. The topological polar surface area (TPSA) is 50.1 Å². The summed E-state index contributed by atoms with van der Waals surface area (Å²) in [6.45, 7) is 2.02. The highest BCUT2D eigenvalue weighted by Crippen LogP contribution is 2.32. The summed E-state index contributed by atoms with van der Waals surface area (Å²) in [5.74, 6) is 0.686. The third-order valence-electron chi connectivity index (χ3n) is 4.30. The lowest BCUT2D eigenvalue weighted by Gasteiger charge is -2.41. The molecule has 0 aliphatic carbocycles. The summed E-state index contributed by atoms with van der Waals surface area (Å²) < 4.78 is 37.7. The molecule has 2 heterocycles. The molecule has 4 atom stereocenters. The Bertz CT molecular complexity index is 262. The molecule has 0 bridgehead atoms. The van der Waals surface area contributed by atoms with Gasteiger partial charge in [0.25, 0.3) is 0 Å². The van der Waals surface area contributed by atoms with Crippen molar-refractivity contribution >= 4 is 0 Å². The van der Waals surface area contributed by atoms with Crippen molar-refractivity contribution in [1.29, 1.82) is 0 Å². The van der Waals surface area contributed by atoms with E-state index in [2.05, 4.69) is 10.6 Å². The molecule has 0 saturated carbocycles. The summed E-state index contributed by atoms with van der Waals surface area (Å²) in [7, 11) is 0. The quantitative estimate of drug-likeness (QED) is 0.704. The van der Waals surface area contributed by atoms with Gasteiger partial charge in [0, 0.05) is 12.6 Å². The minimum Gasteiger partial charge on any atom is -0.330 e. The Kier molecular flexibility index (Phi) is 4.50. The fraction of sp³-hybridized carbons (Fsp3) is 1.00. The van der Waals surface area contributed by atoms with Crippen LogP contribution in [0, 0.1) is 11.8 Å². The fourth-order valence-corrected chi connectivity index (χ4v) is 3.26. The zero-order valence-corrected chi connectivity index (χ0v) is 10.5. The zero-order chi connectivity index (χ0) is 13.2. The van der Waals surface area contributed by atoms with Gasteiger partial charge in [0.1, 0.15) is 6.04 Å². The molecule has 2 aliphatic heterocycles. The summed E-state index contributed by atoms with van der Waals surface area (Å²) in [4.78, 5) is 0. The number of hydrogen-bond donors (Lipinski definition) is 3. The number of rotatable bonds is 2. The molecule has 18 heavy (non-hydrogen) atoms. The average molecular weight is 265 g/mol. The first-order valence-electron chi connectivity index (χ1n) is 6.76. The van der Waals surface area contributed by atoms with Gasteiger partial charge in [0.05, 0.1) is 0 Å². The van der Waals surface area contributed by atoms with Crippen LogP contribution in [0.15, 0.2) is 0 Å². The Morgan fingerprint density at radius 2 is 1.89 bits per heavy atom. The first-order valence-corrected chi connectivity index (χ1v) is 6.76. The van der Waals surface area contributed by atoms with Crippen molar-refractivity contribution in [3.63, 3.8) is 0 Å². The van der Waals surface area contributed by atoms with Crippen molar-refractivity contribution in [1.82, 2.24) is 10.6 Å². The fourth-order valence-electron chi connectivity index (χ4n) is 3.26. The van der Waals surface area contributed by atoms with E-state index in [1.165, 1.54) is 0 Å². The maximum Gasteiger partial charge on any atom is 0.403 e. The van der Waals surface area contributed by atoms with Crippen LogP contribution in [0.4, 0.5) is 13.2 Å². The van der Waals surface area contributed by atoms with Crippen LogP contribution in [0.25, 0.3) is 0 Å². The van der Waals surface area contributed by atoms with Crippen LogP contribution in [0.1, 0.15) is 25.7 Å². The number of hydrogen-bond acceptors (Lipinski definition) is 3. The molecule has 106 valence electrons. The Morgan fingerprint density at radius 3 is 2.44 bits per heavy atom. The van der Waals surface area contributed by atoms with Crippen LogP contribution in [-0.2, 0) is 0 Å². The molecular formula is C12H22F3N3. The van der Waals surface area contributed by atoms with Crippen molar-refractivity contribution in [2.45, 2.75) is 43.9 Å². The smallest absolute Gasteiger partial charge is 0.330 e. The monoisotopic (exact) mass is 265 g/mol. The predicted molar refractivity (Wildman–Crippen MR) is 64.1 cm³/mol. The molecule has 6 heteroatoms. The normalized spacial score (nSPS) is 38.7. The van der Waals surface area contributed by atoms with Crippen LogP contribution in [-0.4, -0.2) is 37.9 Å². The number of nitrogens with one attached hydrogen (secondary N) is 2. The lowest BCUT2D eigenvalue weighted by Crippen LogP contribution is -2.56. The predicted octanol–water partition coefficient (Wildman–Crippen LogP) is 1.24. The third-order valence-corrected chi connectivity index (χ3v) is 4.30. The molecule has 0 radical (unpaired) electrons. The highest BCUT2D eigenvalue weighted by molar-refractivity contribution is 4.93. The van der Waals surface area contributed by atoms with Crippen LogP contribution in [0.5, 0.6) is 0 Å². The van der Waals surface area contributed by atoms with Crippen molar-refractivity contribution in [3.8, 4) is 0 Å². The molecule has 0 spiro atoms. The summed E-state index contributed by atoms with van der Waals surface area (Å²) in [6, 6.07) is -1.04. The van der Waals surface area contributed by atoms with Gasteiger partial charge in [-0.3, -0.25) is 0 Å². The number of nitrogens with two attached hydrogens (primary N) is 1. The van der Waals surface area contributed by atoms with Crippen molar-refractivity contribution in [3.05, 3.63) is 0 Å². The third kappa shape index (κ3) is 3.16. The lowest BCUT2D eigenvalue weighted by atomic mass is 9.78. The van der Waals surface area contributed by atoms with Crippen molar-refractivity contribution < 1.29 is 13.2 Å². The number of piperidine rings is 2. The highest BCUT2D eigenvalue weighted by atomic mass is 19.4. The Hall–Kier alpha value is -0.330. The van der Waals surface area contributed by atoms with E-state index < -0.39 is 12.2 Å². The molecule has 4 N–H and O–H groups in total. The van der Waals surface area contributed by atoms with Gasteiger partial charge in [-0.05, 0) is 50.6 Å². The van der Waals surface area contributed by atoms with Crippen LogP contribution in [0.3, 0.4) is 0 Å². The van der Waals surface area contributed by atoms with E-state index in [9.17, 15) is 13.2 Å². The van der Waals surface area contributed by atoms with Gasteiger partial charge in [-0.25, -0.2) is 0 Å². The van der Waals surface area contributed by atoms with Crippen molar-refractivity contribution in [2.24, 2.45) is 17.6 Å². The van der Waals surface area contributed by atoms with E-state index in [4.69, 9.17) is 5.73 Å². The van der Waals surface area contributed by atoms with E-state index in [0.717, 1.165) is 19.4 Å². The Morgan fingerprint density at radius 1 is 1.11 bits per heavy atom. The van der Waals surface area contributed by atoms with Gasteiger partial charge >= 0.3 is 6.18 Å². The van der Waals surface area contributed by atoms with Gasteiger partial charge in [-0.15, -0.1) is 0 Å². The van der Waals surface area contributed by atoms with Gasteiger partial charge in [0.2, 0.25) is 0 Å². The van der Waals surface area contributed by atoms with E-state index >= 15 is 0 Å². The summed E-state index contributed by atoms with van der Waals surface area (Å²) in [5.41, 5.74) is 5.76. The van der Waals surface area contributed by atoms with E-state index in [0.29, 0.717) is 25.4 Å². The van der Waals surface area contributed by atoms with Crippen LogP contribution >= 0.6 is 0 Å². The highest BCUT2D eigenvalue weighted by Gasteiger charge is 2.43. The minimum absolute atomic E-state index is 0.184. The standard InChI is InChI=1S/C12H22F3N3/c13-12(14,15)10-4-3-9(7-18-10)11-8(6-16)2-1-5-17-11/h8-11,17-18H,1-7,16H2. The number of halogens is 3. The molecular weight excluding hydrogens is 243 g/mol. The lowest BCUT2D eigenvalue weighted by molar-refractivity contribution is -0.162. The molecule has 2 aliphatic rings. The molecule has 0 amide bonds. The summed E-state index contributed by atoms with van der Waals surface area (Å²) >= 11 is 0. The Labute approximate surface area is 106 Å². The van der Waals surface area contributed by atoms with Crippen LogP contribution < -0.4 is 16.4 Å². The molecule has 3 nitrogen and oxygen atoms in total. The maximum absolute atomic E-state index is 12.6. The second kappa shape index (κ2) is 5.75. The van der Waals surface area contributed by atoms with Gasteiger partial charge in [-0.2, -0.15) is 13.2 Å². The van der Waals surface area contributed by atoms with E-state index in [-0.39, 0.29) is 18.4 Å². The maximum atomic E-state index is 12.6. The SMILES string of the molecule is NCC1CCCNC1C1CCC(C(F)(F)F)NC1. The van der Waals surface area contributed by atoms with Gasteiger partial charge in [0.15, 0.2) is 0 Å². The molecule has 2 saturated heterocycles. The first kappa shape index (κ1) is 14.1. The van der Waals surface area contributed by atoms with Gasteiger partial charge in [-0.1, -0.05) is 0 Å². The molecule has 0 aromatic carbocycles. The summed E-state index contributed by atoms with van der Waals surface area (Å²) in [5, 5.41) is 6.09. The average Bonchev–Trinajstić information content (AvgIpc) is 2.38.